The average molecular weight is 627 g/mol. The average Bonchev–Trinajstić information content (AvgIpc) is 3.58. The number of rotatable bonds is 7. The molecule has 3 aromatic rings. The van der Waals surface area contributed by atoms with E-state index in [-0.39, 0.29) is 16.8 Å². The molecule has 2 aliphatic rings. The van der Waals surface area contributed by atoms with E-state index in [1.165, 1.54) is 6.20 Å². The molecule has 0 bridgehead atoms. The van der Waals surface area contributed by atoms with Gasteiger partial charge in [0, 0.05) is 6.20 Å². The highest BCUT2D eigenvalue weighted by Crippen LogP contribution is 2.50. The number of carbonyl (C=O) groups excluding carboxylic acids is 1. The minimum absolute atomic E-state index is 0.165. The maximum absolute atomic E-state index is 12.3. The summed E-state index contributed by atoms with van der Waals surface area (Å²) in [5.41, 5.74) is -0.664. The van der Waals surface area contributed by atoms with Crippen molar-refractivity contribution in [3.8, 4) is 0 Å². The molecule has 9 nitrogen and oxygen atoms in total. The third kappa shape index (κ3) is 6.30. The van der Waals surface area contributed by atoms with Crippen LogP contribution in [-0.4, -0.2) is 60.8 Å². The second-order valence-electron chi connectivity index (χ2n) is 13.5. The van der Waals surface area contributed by atoms with Gasteiger partial charge in [-0.25, -0.2) is 9.78 Å². The third-order valence-electron chi connectivity index (χ3n) is 7.56. The number of nitrogens with zero attached hydrogens (tertiary/aromatic N) is 1. The zero-order valence-electron chi connectivity index (χ0n) is 26.0. The van der Waals surface area contributed by atoms with Crippen LogP contribution >= 0.6 is 11.3 Å². The summed E-state index contributed by atoms with van der Waals surface area (Å²) in [6, 6.07) is 20.7. The number of amides is 1. The number of hydrogen-bond donors (Lipinski definition) is 2. The first-order valence-corrected chi connectivity index (χ1v) is 17.2. The summed E-state index contributed by atoms with van der Waals surface area (Å²) in [4.78, 5) is 17.0. The molecule has 0 aliphatic carbocycles. The topological polar surface area (TPSA) is 108 Å². The van der Waals surface area contributed by atoms with E-state index in [9.17, 15) is 9.90 Å². The fourth-order valence-electron chi connectivity index (χ4n) is 5.91. The van der Waals surface area contributed by atoms with Crippen LogP contribution in [-0.2, 0) is 29.2 Å². The summed E-state index contributed by atoms with van der Waals surface area (Å²) < 4.78 is 31.4. The summed E-state index contributed by atoms with van der Waals surface area (Å²) in [6.07, 6.45) is -1.26. The van der Waals surface area contributed by atoms with Gasteiger partial charge in [0.05, 0.1) is 11.5 Å². The predicted molar refractivity (Wildman–Crippen MR) is 168 cm³/mol. The van der Waals surface area contributed by atoms with Crippen molar-refractivity contribution < 1.29 is 33.3 Å². The van der Waals surface area contributed by atoms with E-state index >= 15 is 0 Å². The van der Waals surface area contributed by atoms with E-state index in [0.29, 0.717) is 4.88 Å². The van der Waals surface area contributed by atoms with Gasteiger partial charge < -0.3 is 28.5 Å². The molecule has 3 heterocycles. The lowest BCUT2D eigenvalue weighted by molar-refractivity contribution is -0.281. The van der Waals surface area contributed by atoms with Gasteiger partial charge in [-0.2, -0.15) is 0 Å². The van der Waals surface area contributed by atoms with Gasteiger partial charge in [0.25, 0.3) is 8.32 Å². The molecule has 2 aliphatic heterocycles. The second kappa shape index (κ2) is 11.4. The Bertz CT molecular complexity index is 1380. The predicted octanol–water partition coefficient (Wildman–Crippen LogP) is 5.13. The van der Waals surface area contributed by atoms with Gasteiger partial charge in [0.2, 0.25) is 5.79 Å². The monoisotopic (exact) mass is 626 g/mol. The molecule has 232 valence electrons. The van der Waals surface area contributed by atoms with Gasteiger partial charge in [-0.15, -0.1) is 0 Å². The van der Waals surface area contributed by atoms with Crippen molar-refractivity contribution >= 4 is 41.3 Å². The summed E-state index contributed by atoms with van der Waals surface area (Å²) >= 11 is 1.09. The highest BCUT2D eigenvalue weighted by atomic mass is 32.1. The smallest absolute Gasteiger partial charge is 0.413 e. The molecule has 0 spiro atoms. The zero-order chi connectivity index (χ0) is 31.3. The number of aromatic nitrogens is 1. The van der Waals surface area contributed by atoms with Gasteiger partial charge >= 0.3 is 6.09 Å². The Labute approximate surface area is 258 Å². The van der Waals surface area contributed by atoms with E-state index < -0.39 is 49.9 Å². The number of hydrogen-bond acceptors (Lipinski definition) is 9. The Morgan fingerprint density at radius 3 is 2.09 bits per heavy atom. The van der Waals surface area contributed by atoms with Crippen LogP contribution in [0.4, 0.5) is 9.93 Å². The van der Waals surface area contributed by atoms with Crippen LogP contribution in [0.25, 0.3) is 0 Å². The number of benzene rings is 2. The maximum Gasteiger partial charge on any atom is 0.413 e. The Hall–Kier alpha value is -2.64. The summed E-state index contributed by atoms with van der Waals surface area (Å²) in [5.74, 6) is -2.82. The minimum Gasteiger partial charge on any atom is -0.444 e. The summed E-state index contributed by atoms with van der Waals surface area (Å²) in [6.45, 7) is 15.8. The van der Waals surface area contributed by atoms with Crippen molar-refractivity contribution in [2.45, 2.75) is 95.9 Å². The third-order valence-corrected chi connectivity index (χ3v) is 13.6. The van der Waals surface area contributed by atoms with Crippen LogP contribution in [0.15, 0.2) is 66.9 Å². The zero-order valence-corrected chi connectivity index (χ0v) is 27.9. The van der Waals surface area contributed by atoms with Crippen molar-refractivity contribution in [1.82, 2.24) is 4.98 Å². The molecule has 1 amide bonds. The summed E-state index contributed by atoms with van der Waals surface area (Å²) in [5, 5.41) is 17.0. The molecule has 1 aromatic heterocycles. The van der Waals surface area contributed by atoms with E-state index in [1.54, 1.807) is 20.8 Å². The number of aliphatic hydroxyl groups is 1. The Morgan fingerprint density at radius 2 is 1.56 bits per heavy atom. The van der Waals surface area contributed by atoms with Crippen LogP contribution in [0.5, 0.6) is 0 Å². The van der Waals surface area contributed by atoms with Crippen LogP contribution in [0.1, 0.15) is 60.3 Å². The highest BCUT2D eigenvalue weighted by molar-refractivity contribution is 7.15. The van der Waals surface area contributed by atoms with Gasteiger partial charge in [-0.1, -0.05) is 92.8 Å². The second-order valence-corrected chi connectivity index (χ2v) is 18.8. The van der Waals surface area contributed by atoms with Crippen LogP contribution < -0.4 is 15.7 Å². The molecule has 2 N–H and O–H groups in total. The van der Waals surface area contributed by atoms with Crippen molar-refractivity contribution in [3.05, 3.63) is 71.7 Å². The molecule has 5 rings (SSSR count). The van der Waals surface area contributed by atoms with Crippen molar-refractivity contribution in [1.29, 1.82) is 0 Å². The SMILES string of the molecule is CC(C)(C)OC(=O)Nc1ncc(C2(O)O[C@H](CO[Si](c3ccccc3)(c3ccccc3)C(C)(C)C)[C@H]3OC(C)(C)O[C@H]32)s1. The number of carbonyl (C=O) groups is 1. The van der Waals surface area contributed by atoms with Gasteiger partial charge in [0.15, 0.2) is 10.9 Å². The number of nitrogens with one attached hydrogen (secondary N) is 1. The van der Waals surface area contributed by atoms with Crippen LogP contribution in [0, 0.1) is 0 Å². The number of fused-ring (bicyclic) bond motifs is 1. The fourth-order valence-corrected chi connectivity index (χ4v) is 11.3. The van der Waals surface area contributed by atoms with E-state index in [4.69, 9.17) is 23.4 Å². The molecular weight excluding hydrogens is 585 g/mol. The molecule has 2 fully saturated rings. The molecule has 4 atom stereocenters. The van der Waals surface area contributed by atoms with E-state index in [1.807, 2.05) is 50.2 Å². The van der Waals surface area contributed by atoms with Gasteiger partial charge in [0.1, 0.15) is 23.9 Å². The van der Waals surface area contributed by atoms with Crippen LogP contribution in [0.2, 0.25) is 5.04 Å². The lowest BCUT2D eigenvalue weighted by Gasteiger charge is -2.43. The highest BCUT2D eigenvalue weighted by Gasteiger charge is 2.64. The number of ether oxygens (including phenoxy) is 4. The lowest BCUT2D eigenvalue weighted by atomic mass is 10.0. The van der Waals surface area contributed by atoms with E-state index in [2.05, 4.69) is 55.3 Å². The first-order valence-electron chi connectivity index (χ1n) is 14.5. The van der Waals surface area contributed by atoms with Crippen molar-refractivity contribution in [2.24, 2.45) is 0 Å². The van der Waals surface area contributed by atoms with Crippen molar-refractivity contribution in [3.63, 3.8) is 0 Å². The molecular formula is C32H42N2O7SSi. The Morgan fingerprint density at radius 1 is 0.977 bits per heavy atom. The van der Waals surface area contributed by atoms with Gasteiger partial charge in [-0.3, -0.25) is 5.32 Å². The fraction of sp³-hybridized carbons (Fsp3) is 0.500. The Balaban J connectivity index is 1.46. The standard InChI is InChI=1S/C32H42N2O7SSi/c1-29(2,3)41-28(35)34-27-33-19-24(42-27)32(36)26-25(39-31(7,8)40-26)23(38-32)20-37-43(30(4,5)6,21-15-11-9-12-16-21)22-17-13-10-14-18-22/h9-19,23,25-26,36H,20H2,1-8H3,(H,33,34,35)/t23-,25-,26-,32?/m1/s1. The molecule has 43 heavy (non-hydrogen) atoms. The molecule has 2 saturated heterocycles. The maximum atomic E-state index is 12.3. The molecule has 1 unspecified atom stereocenters. The van der Waals surface area contributed by atoms with E-state index in [0.717, 1.165) is 21.7 Å². The first-order chi connectivity index (χ1) is 20.0. The van der Waals surface area contributed by atoms with Crippen molar-refractivity contribution in [2.75, 3.05) is 11.9 Å². The van der Waals surface area contributed by atoms with Gasteiger partial charge in [-0.05, 0) is 50.0 Å². The Kier molecular flexibility index (Phi) is 8.40. The number of anilines is 1. The number of thiazole rings is 1. The molecule has 0 radical (unpaired) electrons. The lowest BCUT2D eigenvalue weighted by Crippen LogP contribution is -2.67. The first kappa shape index (κ1) is 31.8. The normalized spacial score (nSPS) is 25.4. The largest absolute Gasteiger partial charge is 0.444 e. The minimum atomic E-state index is -2.89. The quantitative estimate of drug-likeness (QED) is 0.348. The molecule has 0 saturated carbocycles. The molecule has 2 aromatic carbocycles. The molecule has 11 heteroatoms. The summed E-state index contributed by atoms with van der Waals surface area (Å²) in [7, 11) is -2.89. The van der Waals surface area contributed by atoms with Crippen LogP contribution in [0.3, 0.4) is 0 Å².